The number of aryl methyl sites for hydroxylation is 1. The topological polar surface area (TPSA) is 50.1 Å². The number of fused-ring (bicyclic) bond motifs is 1. The molecule has 1 fully saturated rings. The molecule has 1 aliphatic heterocycles. The zero-order chi connectivity index (χ0) is 16.6. The Bertz CT molecular complexity index is 723. The van der Waals surface area contributed by atoms with Gasteiger partial charge in [0.05, 0.1) is 5.69 Å². The minimum Gasteiger partial charge on any atom is -0.396 e. The van der Waals surface area contributed by atoms with Crippen molar-refractivity contribution in [2.24, 2.45) is 0 Å². The second-order valence-corrected chi connectivity index (χ2v) is 7.39. The smallest absolute Gasteiger partial charge is 0.127 e. The van der Waals surface area contributed by atoms with Gasteiger partial charge in [0, 0.05) is 35.7 Å². The van der Waals surface area contributed by atoms with Crippen molar-refractivity contribution < 1.29 is 5.11 Å². The highest BCUT2D eigenvalue weighted by Gasteiger charge is 2.45. The van der Waals surface area contributed by atoms with Gasteiger partial charge in [-0.1, -0.05) is 30.2 Å². The molecule has 0 atom stereocenters. The Morgan fingerprint density at radius 3 is 2.60 bits per heavy atom. The Kier molecular flexibility index (Phi) is 5.62. The van der Waals surface area contributed by atoms with E-state index < -0.39 is 0 Å². The molecule has 1 saturated carbocycles. The average molecular weight is 382 g/mol. The van der Waals surface area contributed by atoms with Crippen molar-refractivity contribution in [3.8, 4) is 0 Å². The van der Waals surface area contributed by atoms with Gasteiger partial charge in [0.15, 0.2) is 0 Å². The molecule has 1 aromatic heterocycles. The molecule has 2 aromatic rings. The van der Waals surface area contributed by atoms with Crippen LogP contribution >= 0.6 is 24.0 Å². The zero-order valence-electron chi connectivity index (χ0n) is 14.3. The Labute approximate surface area is 160 Å². The molecule has 4 rings (SSSR count). The van der Waals surface area contributed by atoms with Crippen LogP contribution in [0.1, 0.15) is 48.9 Å². The first kappa shape index (κ1) is 18.6. The fourth-order valence-corrected chi connectivity index (χ4v) is 4.26. The van der Waals surface area contributed by atoms with E-state index in [9.17, 15) is 5.11 Å². The molecule has 2 N–H and O–H groups in total. The van der Waals surface area contributed by atoms with Crippen LogP contribution in [0.25, 0.3) is 0 Å². The van der Waals surface area contributed by atoms with Crippen molar-refractivity contribution in [3.05, 3.63) is 46.1 Å². The van der Waals surface area contributed by atoms with Crippen LogP contribution < -0.4 is 5.32 Å². The molecule has 136 valence electrons. The van der Waals surface area contributed by atoms with Crippen LogP contribution in [0.2, 0.25) is 5.02 Å². The number of hydrogen-bond acceptors (Lipinski definition) is 3. The lowest BCUT2D eigenvalue weighted by atomic mass is 9.61. The predicted molar refractivity (Wildman–Crippen MR) is 104 cm³/mol. The van der Waals surface area contributed by atoms with Gasteiger partial charge in [-0.3, -0.25) is 0 Å². The molecule has 0 spiro atoms. The Morgan fingerprint density at radius 1 is 1.20 bits per heavy atom. The lowest BCUT2D eigenvalue weighted by Gasteiger charge is -2.42. The van der Waals surface area contributed by atoms with E-state index in [-0.39, 0.29) is 24.4 Å². The van der Waals surface area contributed by atoms with Gasteiger partial charge in [-0.05, 0) is 49.8 Å². The largest absolute Gasteiger partial charge is 0.396 e. The third kappa shape index (κ3) is 3.16. The summed E-state index contributed by atoms with van der Waals surface area (Å²) in [5.74, 6) is 1.17. The summed E-state index contributed by atoms with van der Waals surface area (Å²) in [7, 11) is 0. The SMILES string of the molecule is Cl.OCCCc1c(C2(c3ccc(Cl)cc3)CCC2)nn2c1NCCC2. The maximum Gasteiger partial charge on any atom is 0.127 e. The quantitative estimate of drug-likeness (QED) is 0.816. The maximum absolute atomic E-state index is 9.32. The summed E-state index contributed by atoms with van der Waals surface area (Å²) < 4.78 is 2.14. The first-order valence-corrected chi connectivity index (χ1v) is 9.33. The fraction of sp³-hybridized carbons (Fsp3) is 0.526. The number of anilines is 1. The van der Waals surface area contributed by atoms with Crippen molar-refractivity contribution in [2.75, 3.05) is 18.5 Å². The number of halogens is 2. The summed E-state index contributed by atoms with van der Waals surface area (Å²) in [5.41, 5.74) is 3.85. The zero-order valence-corrected chi connectivity index (χ0v) is 15.9. The molecule has 0 radical (unpaired) electrons. The summed E-state index contributed by atoms with van der Waals surface area (Å²) in [6.07, 6.45) is 6.28. The standard InChI is InChI=1S/C19H24ClN3O.ClH/c20-15-7-5-14(6-8-15)19(9-2-10-19)17-16(4-1-13-24)18-21-11-3-12-23(18)22-17;/h5-8,21,24H,1-4,9-13H2;1H. The van der Waals surface area contributed by atoms with Crippen molar-refractivity contribution in [1.29, 1.82) is 0 Å². The first-order chi connectivity index (χ1) is 11.7. The van der Waals surface area contributed by atoms with Crippen LogP contribution in [0.4, 0.5) is 5.82 Å². The van der Waals surface area contributed by atoms with E-state index in [1.165, 1.54) is 29.1 Å². The van der Waals surface area contributed by atoms with Gasteiger partial charge in [-0.15, -0.1) is 12.4 Å². The van der Waals surface area contributed by atoms with Gasteiger partial charge < -0.3 is 10.4 Å². The van der Waals surface area contributed by atoms with E-state index >= 15 is 0 Å². The van der Waals surface area contributed by atoms with Gasteiger partial charge in [-0.2, -0.15) is 5.10 Å². The number of nitrogens with one attached hydrogen (secondary N) is 1. The summed E-state index contributed by atoms with van der Waals surface area (Å²) >= 11 is 6.09. The van der Waals surface area contributed by atoms with E-state index in [1.54, 1.807) is 0 Å². The van der Waals surface area contributed by atoms with E-state index in [2.05, 4.69) is 22.1 Å². The molecule has 1 aliphatic carbocycles. The Hall–Kier alpha value is -1.23. The second kappa shape index (κ2) is 7.56. The highest BCUT2D eigenvalue weighted by atomic mass is 35.5. The molecule has 4 nitrogen and oxygen atoms in total. The Morgan fingerprint density at radius 2 is 1.96 bits per heavy atom. The lowest BCUT2D eigenvalue weighted by molar-refractivity contribution is 0.281. The van der Waals surface area contributed by atoms with Gasteiger partial charge in [0.25, 0.3) is 0 Å². The molecule has 0 bridgehead atoms. The second-order valence-electron chi connectivity index (χ2n) is 6.95. The van der Waals surface area contributed by atoms with Crippen LogP contribution in [0, 0.1) is 0 Å². The molecular formula is C19H25Cl2N3O. The average Bonchev–Trinajstić information content (AvgIpc) is 2.92. The van der Waals surface area contributed by atoms with E-state index in [4.69, 9.17) is 16.7 Å². The number of nitrogens with zero attached hydrogens (tertiary/aromatic N) is 2. The summed E-state index contributed by atoms with van der Waals surface area (Å²) in [6.45, 7) is 2.20. The molecule has 0 unspecified atom stereocenters. The van der Waals surface area contributed by atoms with Gasteiger partial charge in [0.2, 0.25) is 0 Å². The van der Waals surface area contributed by atoms with E-state index in [0.29, 0.717) is 0 Å². The lowest BCUT2D eigenvalue weighted by Crippen LogP contribution is -2.37. The Balaban J connectivity index is 0.00000182. The van der Waals surface area contributed by atoms with Crippen LogP contribution in [0.15, 0.2) is 24.3 Å². The van der Waals surface area contributed by atoms with Gasteiger partial charge in [-0.25, -0.2) is 4.68 Å². The number of hydrogen-bond donors (Lipinski definition) is 2. The van der Waals surface area contributed by atoms with Crippen molar-refractivity contribution in [3.63, 3.8) is 0 Å². The number of aliphatic hydroxyl groups excluding tert-OH is 1. The molecule has 2 heterocycles. The minimum absolute atomic E-state index is 0. The number of benzene rings is 1. The molecule has 6 heteroatoms. The monoisotopic (exact) mass is 381 g/mol. The first-order valence-electron chi connectivity index (χ1n) is 8.95. The van der Waals surface area contributed by atoms with Crippen molar-refractivity contribution in [1.82, 2.24) is 9.78 Å². The summed E-state index contributed by atoms with van der Waals surface area (Å²) in [5, 5.41) is 18.7. The van der Waals surface area contributed by atoms with Gasteiger partial charge >= 0.3 is 0 Å². The van der Waals surface area contributed by atoms with E-state index in [1.807, 2.05) is 12.1 Å². The number of aliphatic hydroxyl groups is 1. The highest BCUT2D eigenvalue weighted by molar-refractivity contribution is 6.30. The van der Waals surface area contributed by atoms with Crippen LogP contribution in [-0.4, -0.2) is 28.0 Å². The highest BCUT2D eigenvalue weighted by Crippen LogP contribution is 2.51. The fourth-order valence-electron chi connectivity index (χ4n) is 4.13. The third-order valence-electron chi connectivity index (χ3n) is 5.53. The van der Waals surface area contributed by atoms with Crippen LogP contribution in [0.5, 0.6) is 0 Å². The molecule has 0 saturated heterocycles. The molecule has 25 heavy (non-hydrogen) atoms. The molecule has 2 aliphatic rings. The normalized spacial score (nSPS) is 17.8. The predicted octanol–water partition coefficient (Wildman–Crippen LogP) is 4.17. The van der Waals surface area contributed by atoms with Crippen LogP contribution in [-0.2, 0) is 18.4 Å². The summed E-state index contributed by atoms with van der Waals surface area (Å²) in [4.78, 5) is 0. The molecule has 1 aromatic carbocycles. The maximum atomic E-state index is 9.32. The van der Waals surface area contributed by atoms with Gasteiger partial charge in [0.1, 0.15) is 5.82 Å². The summed E-state index contributed by atoms with van der Waals surface area (Å²) in [6, 6.07) is 8.28. The molecule has 0 amide bonds. The number of rotatable bonds is 5. The minimum atomic E-state index is 0. The molecular weight excluding hydrogens is 357 g/mol. The van der Waals surface area contributed by atoms with Crippen molar-refractivity contribution in [2.45, 2.75) is 50.5 Å². The van der Waals surface area contributed by atoms with E-state index in [0.717, 1.165) is 50.2 Å². The van der Waals surface area contributed by atoms with Crippen molar-refractivity contribution >= 4 is 29.8 Å². The van der Waals surface area contributed by atoms with Crippen LogP contribution in [0.3, 0.4) is 0 Å². The third-order valence-corrected chi connectivity index (χ3v) is 5.78. The number of aromatic nitrogens is 2.